The highest BCUT2D eigenvalue weighted by atomic mass is 32.1. The molecule has 0 aliphatic rings. The van der Waals surface area contributed by atoms with E-state index in [0.717, 1.165) is 16.9 Å². The molecular weight excluding hydrogens is 386 g/mol. The number of carbonyl (C=O) groups is 1. The first-order valence-electron chi connectivity index (χ1n) is 9.15. The Bertz CT molecular complexity index is 1090. The Hall–Kier alpha value is -3.45. The van der Waals surface area contributed by atoms with Crippen molar-refractivity contribution in [1.29, 1.82) is 0 Å². The summed E-state index contributed by atoms with van der Waals surface area (Å²) in [5.41, 5.74) is 2.73. The number of ether oxygens (including phenoxy) is 1. The minimum absolute atomic E-state index is 0.118. The topological polar surface area (TPSA) is 77.2 Å². The fourth-order valence-electron chi connectivity index (χ4n) is 2.72. The third-order valence-corrected chi connectivity index (χ3v) is 4.85. The Labute approximate surface area is 172 Å². The van der Waals surface area contributed by atoms with Crippen molar-refractivity contribution >= 4 is 22.9 Å². The van der Waals surface area contributed by atoms with Gasteiger partial charge >= 0.3 is 0 Å². The van der Waals surface area contributed by atoms with E-state index in [2.05, 4.69) is 15.5 Å². The minimum Gasteiger partial charge on any atom is -0.457 e. The smallest absolute Gasteiger partial charge is 0.248 e. The van der Waals surface area contributed by atoms with E-state index < -0.39 is 0 Å². The van der Waals surface area contributed by atoms with Crippen molar-refractivity contribution in [2.75, 3.05) is 5.32 Å². The third-order valence-electron chi connectivity index (χ3n) is 4.16. The number of rotatable bonds is 7. The highest BCUT2D eigenvalue weighted by Crippen LogP contribution is 2.24. The summed E-state index contributed by atoms with van der Waals surface area (Å²) in [5, 5.41) is 14.8. The lowest BCUT2D eigenvalue weighted by Crippen LogP contribution is -2.12. The average molecular weight is 405 g/mol. The minimum atomic E-state index is -0.118. The first-order valence-corrected chi connectivity index (χ1v) is 10.1. The van der Waals surface area contributed by atoms with E-state index in [1.807, 2.05) is 72.3 Å². The molecule has 4 rings (SSSR count). The molecule has 0 radical (unpaired) electrons. The van der Waals surface area contributed by atoms with Crippen molar-refractivity contribution in [3.05, 3.63) is 76.8 Å². The number of aromatic nitrogens is 2. The number of nitrogens with zero attached hydrogens (tertiary/aromatic N) is 2. The van der Waals surface area contributed by atoms with Crippen molar-refractivity contribution < 1.29 is 13.9 Å². The molecule has 0 unspecified atom stereocenters. The van der Waals surface area contributed by atoms with Crippen LogP contribution >= 0.6 is 11.3 Å². The molecule has 2 aromatic carbocycles. The maximum absolute atomic E-state index is 12.2. The number of anilines is 1. The van der Waals surface area contributed by atoms with E-state index in [-0.39, 0.29) is 12.3 Å². The van der Waals surface area contributed by atoms with Gasteiger partial charge in [0.1, 0.15) is 11.5 Å². The van der Waals surface area contributed by atoms with E-state index in [0.29, 0.717) is 29.6 Å². The molecule has 0 fully saturated rings. The van der Waals surface area contributed by atoms with Crippen LogP contribution in [0, 0.1) is 6.92 Å². The van der Waals surface area contributed by atoms with Gasteiger partial charge in [-0.05, 0) is 60.3 Å². The third kappa shape index (κ3) is 5.08. The van der Waals surface area contributed by atoms with Gasteiger partial charge in [-0.1, -0.05) is 12.1 Å². The molecule has 4 aromatic rings. The van der Waals surface area contributed by atoms with Crippen molar-refractivity contribution in [2.24, 2.45) is 0 Å². The maximum atomic E-state index is 12.2. The van der Waals surface area contributed by atoms with E-state index in [1.165, 1.54) is 0 Å². The Morgan fingerprint density at radius 2 is 1.97 bits per heavy atom. The van der Waals surface area contributed by atoms with Crippen LogP contribution < -0.4 is 10.1 Å². The van der Waals surface area contributed by atoms with Gasteiger partial charge in [-0.2, -0.15) is 11.3 Å². The average Bonchev–Trinajstić information content (AvgIpc) is 3.40. The summed E-state index contributed by atoms with van der Waals surface area (Å²) in [4.78, 5) is 12.2. The molecule has 2 heterocycles. The van der Waals surface area contributed by atoms with E-state index in [1.54, 1.807) is 11.3 Å². The number of aryl methyl sites for hydroxylation is 2. The van der Waals surface area contributed by atoms with Crippen LogP contribution in [0.1, 0.15) is 17.9 Å². The largest absolute Gasteiger partial charge is 0.457 e. The second-order valence-corrected chi connectivity index (χ2v) is 7.28. The zero-order chi connectivity index (χ0) is 20.1. The molecule has 0 aliphatic carbocycles. The predicted octanol–water partition coefficient (Wildman–Crippen LogP) is 5.47. The number of hydrogen-bond acceptors (Lipinski definition) is 6. The zero-order valence-electron chi connectivity index (χ0n) is 15.8. The SMILES string of the molecule is Cc1cccc(Oc2ccc(NC(=O)CCc3nnc(-c4ccsc4)o3)cc2)c1. The quantitative estimate of drug-likeness (QED) is 0.441. The van der Waals surface area contributed by atoms with Gasteiger partial charge in [-0.3, -0.25) is 4.79 Å². The van der Waals surface area contributed by atoms with Crippen LogP contribution in [0.3, 0.4) is 0 Å². The molecule has 146 valence electrons. The molecule has 0 saturated heterocycles. The summed E-state index contributed by atoms with van der Waals surface area (Å²) in [7, 11) is 0. The molecule has 0 aliphatic heterocycles. The summed E-state index contributed by atoms with van der Waals surface area (Å²) in [6, 6.07) is 17.0. The van der Waals surface area contributed by atoms with Crippen LogP contribution in [-0.2, 0) is 11.2 Å². The first-order chi connectivity index (χ1) is 14.2. The van der Waals surface area contributed by atoms with Gasteiger partial charge in [0, 0.05) is 29.5 Å². The normalized spacial score (nSPS) is 10.7. The number of thiophene rings is 1. The van der Waals surface area contributed by atoms with Crippen molar-refractivity contribution in [2.45, 2.75) is 19.8 Å². The van der Waals surface area contributed by atoms with Gasteiger partial charge in [0.05, 0.1) is 0 Å². The molecule has 29 heavy (non-hydrogen) atoms. The number of amides is 1. The van der Waals surface area contributed by atoms with Gasteiger partial charge in [-0.15, -0.1) is 10.2 Å². The van der Waals surface area contributed by atoms with Gasteiger partial charge < -0.3 is 14.5 Å². The summed E-state index contributed by atoms with van der Waals surface area (Å²) in [6.07, 6.45) is 0.643. The highest BCUT2D eigenvalue weighted by Gasteiger charge is 2.11. The van der Waals surface area contributed by atoms with Gasteiger partial charge in [0.2, 0.25) is 17.7 Å². The fraction of sp³-hybridized carbons (Fsp3) is 0.136. The van der Waals surface area contributed by atoms with Gasteiger partial charge in [0.15, 0.2) is 0 Å². The summed E-state index contributed by atoms with van der Waals surface area (Å²) in [6.45, 7) is 2.02. The Morgan fingerprint density at radius 1 is 1.10 bits per heavy atom. The monoisotopic (exact) mass is 405 g/mol. The van der Waals surface area contributed by atoms with Gasteiger partial charge in [-0.25, -0.2) is 0 Å². The molecule has 1 amide bonds. The Balaban J connectivity index is 1.28. The highest BCUT2D eigenvalue weighted by molar-refractivity contribution is 7.08. The number of benzene rings is 2. The van der Waals surface area contributed by atoms with E-state index >= 15 is 0 Å². The molecule has 0 spiro atoms. The summed E-state index contributed by atoms with van der Waals surface area (Å²) >= 11 is 1.56. The first kappa shape index (κ1) is 18.9. The lowest BCUT2D eigenvalue weighted by atomic mass is 10.2. The predicted molar refractivity (Wildman–Crippen MR) is 112 cm³/mol. The van der Waals surface area contributed by atoms with Crippen molar-refractivity contribution in [1.82, 2.24) is 10.2 Å². The lowest BCUT2D eigenvalue weighted by Gasteiger charge is -2.08. The summed E-state index contributed by atoms with van der Waals surface area (Å²) < 4.78 is 11.4. The van der Waals surface area contributed by atoms with Crippen LogP contribution in [0.5, 0.6) is 11.5 Å². The molecule has 1 N–H and O–H groups in total. The molecule has 0 saturated carbocycles. The fourth-order valence-corrected chi connectivity index (χ4v) is 3.35. The van der Waals surface area contributed by atoms with Crippen molar-refractivity contribution in [3.63, 3.8) is 0 Å². The standard InChI is InChI=1S/C22H19N3O3S/c1-15-3-2-4-19(13-15)27-18-7-5-17(6-8-18)23-20(26)9-10-21-24-25-22(28-21)16-11-12-29-14-16/h2-8,11-14H,9-10H2,1H3,(H,23,26). The van der Waals surface area contributed by atoms with Crippen LogP contribution in [-0.4, -0.2) is 16.1 Å². The molecule has 7 heteroatoms. The van der Waals surface area contributed by atoms with E-state index in [9.17, 15) is 4.79 Å². The van der Waals surface area contributed by atoms with Crippen LogP contribution in [0.15, 0.2) is 69.8 Å². The second-order valence-electron chi connectivity index (χ2n) is 6.50. The lowest BCUT2D eigenvalue weighted by molar-refractivity contribution is -0.116. The molecular formula is C22H19N3O3S. The molecule has 0 bridgehead atoms. The number of carbonyl (C=O) groups excluding carboxylic acids is 1. The Morgan fingerprint density at radius 3 is 2.72 bits per heavy atom. The van der Waals surface area contributed by atoms with Crippen LogP contribution in [0.25, 0.3) is 11.5 Å². The van der Waals surface area contributed by atoms with Crippen LogP contribution in [0.2, 0.25) is 0 Å². The van der Waals surface area contributed by atoms with Gasteiger partial charge in [0.25, 0.3) is 0 Å². The maximum Gasteiger partial charge on any atom is 0.248 e. The zero-order valence-corrected chi connectivity index (χ0v) is 16.6. The number of nitrogens with one attached hydrogen (secondary N) is 1. The second kappa shape index (κ2) is 8.70. The Kier molecular flexibility index (Phi) is 5.67. The summed E-state index contributed by atoms with van der Waals surface area (Å²) in [5.74, 6) is 2.30. The van der Waals surface area contributed by atoms with Crippen molar-refractivity contribution in [3.8, 4) is 23.0 Å². The number of hydrogen-bond donors (Lipinski definition) is 1. The molecule has 0 atom stereocenters. The van der Waals surface area contributed by atoms with Crippen LogP contribution in [0.4, 0.5) is 5.69 Å². The van der Waals surface area contributed by atoms with E-state index in [4.69, 9.17) is 9.15 Å². The molecule has 2 aromatic heterocycles. The molecule has 6 nitrogen and oxygen atoms in total.